The zero-order valence-corrected chi connectivity index (χ0v) is 12.2. The fourth-order valence-corrected chi connectivity index (χ4v) is 1.97. The monoisotopic (exact) mass is 258 g/mol. The first-order valence-corrected chi connectivity index (χ1v) is 6.77. The standard InChI is InChI=1S/C16H22N2O/c1-5-16(2,3)19-15-14-9-7-6-8-13(14)12(10-17-4)11-18-15/h6-9,11,17H,5,10H2,1-4H3. The summed E-state index contributed by atoms with van der Waals surface area (Å²) < 4.78 is 6.07. The Balaban J connectivity index is 2.49. The second-order valence-electron chi connectivity index (χ2n) is 5.38. The van der Waals surface area contributed by atoms with E-state index in [-0.39, 0.29) is 5.60 Å². The van der Waals surface area contributed by atoms with Gasteiger partial charge >= 0.3 is 0 Å². The fraction of sp³-hybridized carbons (Fsp3) is 0.438. The quantitative estimate of drug-likeness (QED) is 0.891. The predicted molar refractivity (Wildman–Crippen MR) is 79.5 cm³/mol. The van der Waals surface area contributed by atoms with Crippen molar-refractivity contribution in [1.82, 2.24) is 10.3 Å². The third kappa shape index (κ3) is 3.04. The number of fused-ring (bicyclic) bond motifs is 1. The molecule has 0 spiro atoms. The minimum atomic E-state index is -0.194. The number of nitrogens with zero attached hydrogens (tertiary/aromatic N) is 1. The zero-order valence-electron chi connectivity index (χ0n) is 12.2. The van der Waals surface area contributed by atoms with Gasteiger partial charge in [-0.25, -0.2) is 4.98 Å². The van der Waals surface area contributed by atoms with Gasteiger partial charge in [0.15, 0.2) is 0 Å². The van der Waals surface area contributed by atoms with Crippen LogP contribution in [-0.2, 0) is 6.54 Å². The van der Waals surface area contributed by atoms with E-state index >= 15 is 0 Å². The van der Waals surface area contributed by atoms with E-state index in [0.717, 1.165) is 24.2 Å². The van der Waals surface area contributed by atoms with Crippen LogP contribution in [0.5, 0.6) is 5.88 Å². The summed E-state index contributed by atoms with van der Waals surface area (Å²) in [6.07, 6.45) is 2.85. The Morgan fingerprint density at radius 1 is 1.21 bits per heavy atom. The highest BCUT2D eigenvalue weighted by molar-refractivity contribution is 5.89. The normalized spacial score (nSPS) is 11.8. The van der Waals surface area contributed by atoms with Gasteiger partial charge in [-0.05, 0) is 44.3 Å². The number of hydrogen-bond acceptors (Lipinski definition) is 3. The van der Waals surface area contributed by atoms with E-state index in [4.69, 9.17) is 4.74 Å². The van der Waals surface area contributed by atoms with Gasteiger partial charge in [-0.2, -0.15) is 0 Å². The van der Waals surface area contributed by atoms with E-state index in [1.807, 2.05) is 19.3 Å². The van der Waals surface area contributed by atoms with Gasteiger partial charge < -0.3 is 10.1 Å². The minimum Gasteiger partial charge on any atom is -0.471 e. The maximum Gasteiger partial charge on any atom is 0.221 e. The molecule has 0 bridgehead atoms. The molecule has 2 aromatic rings. The highest BCUT2D eigenvalue weighted by Crippen LogP contribution is 2.29. The Bertz CT molecular complexity index is 564. The molecular weight excluding hydrogens is 236 g/mol. The predicted octanol–water partition coefficient (Wildman–Crippen LogP) is 3.52. The average Bonchev–Trinajstić information content (AvgIpc) is 2.42. The lowest BCUT2D eigenvalue weighted by molar-refractivity contribution is 0.101. The van der Waals surface area contributed by atoms with Gasteiger partial charge in [0.2, 0.25) is 5.88 Å². The van der Waals surface area contributed by atoms with Gasteiger partial charge in [0, 0.05) is 18.1 Å². The van der Waals surface area contributed by atoms with Crippen molar-refractivity contribution in [1.29, 1.82) is 0 Å². The maximum absolute atomic E-state index is 6.07. The molecule has 2 rings (SSSR count). The van der Waals surface area contributed by atoms with E-state index in [9.17, 15) is 0 Å². The van der Waals surface area contributed by atoms with Crippen molar-refractivity contribution >= 4 is 10.8 Å². The van der Waals surface area contributed by atoms with Crippen LogP contribution in [0.3, 0.4) is 0 Å². The molecule has 0 aliphatic carbocycles. The van der Waals surface area contributed by atoms with E-state index < -0.39 is 0 Å². The lowest BCUT2D eigenvalue weighted by Crippen LogP contribution is -2.27. The van der Waals surface area contributed by atoms with Gasteiger partial charge in [0.05, 0.1) is 0 Å². The van der Waals surface area contributed by atoms with Gasteiger partial charge in [-0.1, -0.05) is 25.1 Å². The summed E-state index contributed by atoms with van der Waals surface area (Å²) in [7, 11) is 1.94. The molecule has 0 saturated heterocycles. The van der Waals surface area contributed by atoms with Crippen LogP contribution in [0.4, 0.5) is 0 Å². The van der Waals surface area contributed by atoms with Crippen LogP contribution in [0, 0.1) is 0 Å². The molecule has 0 aliphatic heterocycles. The zero-order chi connectivity index (χ0) is 13.9. The van der Waals surface area contributed by atoms with Crippen molar-refractivity contribution in [3.05, 3.63) is 36.0 Å². The number of benzene rings is 1. The Morgan fingerprint density at radius 3 is 2.53 bits per heavy atom. The molecule has 1 aromatic heterocycles. The molecule has 1 heterocycles. The first-order valence-electron chi connectivity index (χ1n) is 6.77. The molecule has 1 aromatic carbocycles. The van der Waals surface area contributed by atoms with Crippen molar-refractivity contribution in [2.45, 2.75) is 39.3 Å². The highest BCUT2D eigenvalue weighted by atomic mass is 16.5. The topological polar surface area (TPSA) is 34.1 Å². The summed E-state index contributed by atoms with van der Waals surface area (Å²) in [6.45, 7) is 7.11. The van der Waals surface area contributed by atoms with Crippen LogP contribution in [0.15, 0.2) is 30.5 Å². The molecule has 0 aliphatic rings. The Hall–Kier alpha value is -1.61. The van der Waals surface area contributed by atoms with Gasteiger partial charge in [-0.15, -0.1) is 0 Å². The van der Waals surface area contributed by atoms with Gasteiger partial charge in [0.1, 0.15) is 5.60 Å². The van der Waals surface area contributed by atoms with Crippen LogP contribution < -0.4 is 10.1 Å². The second kappa shape index (κ2) is 5.57. The lowest BCUT2D eigenvalue weighted by atomic mass is 10.1. The third-order valence-corrected chi connectivity index (χ3v) is 3.43. The number of nitrogens with one attached hydrogen (secondary N) is 1. The summed E-state index contributed by atoms with van der Waals surface area (Å²) in [4.78, 5) is 4.50. The van der Waals surface area contributed by atoms with E-state index in [0.29, 0.717) is 0 Å². The van der Waals surface area contributed by atoms with Crippen molar-refractivity contribution in [2.75, 3.05) is 7.05 Å². The van der Waals surface area contributed by atoms with Crippen LogP contribution in [0.25, 0.3) is 10.8 Å². The molecule has 0 fully saturated rings. The molecule has 102 valence electrons. The maximum atomic E-state index is 6.07. The molecule has 3 heteroatoms. The first-order chi connectivity index (χ1) is 9.07. The van der Waals surface area contributed by atoms with Gasteiger partial charge in [0.25, 0.3) is 0 Å². The number of hydrogen-bond donors (Lipinski definition) is 1. The molecule has 0 radical (unpaired) electrons. The molecule has 19 heavy (non-hydrogen) atoms. The first kappa shape index (κ1) is 13.8. The molecule has 0 amide bonds. The Morgan fingerprint density at radius 2 is 1.89 bits per heavy atom. The largest absolute Gasteiger partial charge is 0.471 e. The van der Waals surface area contributed by atoms with Crippen LogP contribution in [0.2, 0.25) is 0 Å². The van der Waals surface area contributed by atoms with Crippen LogP contribution in [-0.4, -0.2) is 17.6 Å². The number of pyridine rings is 1. The summed E-state index contributed by atoms with van der Waals surface area (Å²) in [5, 5.41) is 5.46. The summed E-state index contributed by atoms with van der Waals surface area (Å²) >= 11 is 0. The van der Waals surface area contributed by atoms with E-state index in [1.165, 1.54) is 10.9 Å². The van der Waals surface area contributed by atoms with E-state index in [1.54, 1.807) is 0 Å². The molecule has 0 atom stereocenters. The highest BCUT2D eigenvalue weighted by Gasteiger charge is 2.19. The number of aromatic nitrogens is 1. The van der Waals surface area contributed by atoms with Crippen LogP contribution in [0.1, 0.15) is 32.8 Å². The van der Waals surface area contributed by atoms with Crippen molar-refractivity contribution < 1.29 is 4.74 Å². The molecule has 3 nitrogen and oxygen atoms in total. The molecular formula is C16H22N2O. The minimum absolute atomic E-state index is 0.194. The summed E-state index contributed by atoms with van der Waals surface area (Å²) in [6, 6.07) is 8.27. The lowest BCUT2D eigenvalue weighted by Gasteiger charge is -2.25. The molecule has 0 saturated carbocycles. The fourth-order valence-electron chi connectivity index (χ4n) is 1.97. The number of ether oxygens (including phenoxy) is 1. The average molecular weight is 258 g/mol. The Kier molecular flexibility index (Phi) is 4.05. The summed E-state index contributed by atoms with van der Waals surface area (Å²) in [5.41, 5.74) is 1.00. The Labute approximate surface area is 115 Å². The van der Waals surface area contributed by atoms with E-state index in [2.05, 4.69) is 49.3 Å². The SMILES string of the molecule is CCC(C)(C)Oc1ncc(CNC)c2ccccc12. The van der Waals surface area contributed by atoms with Crippen LogP contribution >= 0.6 is 0 Å². The van der Waals surface area contributed by atoms with Gasteiger partial charge in [-0.3, -0.25) is 0 Å². The smallest absolute Gasteiger partial charge is 0.221 e. The second-order valence-corrected chi connectivity index (χ2v) is 5.38. The van der Waals surface area contributed by atoms with Crippen molar-refractivity contribution in [3.63, 3.8) is 0 Å². The molecule has 1 N–H and O–H groups in total. The third-order valence-electron chi connectivity index (χ3n) is 3.43. The van der Waals surface area contributed by atoms with Crippen molar-refractivity contribution in [3.8, 4) is 5.88 Å². The molecule has 0 unspecified atom stereocenters. The summed E-state index contributed by atoms with van der Waals surface area (Å²) in [5.74, 6) is 0.724. The number of rotatable bonds is 5. The van der Waals surface area contributed by atoms with Crippen molar-refractivity contribution in [2.24, 2.45) is 0 Å².